The second-order valence-corrected chi connectivity index (χ2v) is 8.87. The molecular weight excluding hydrogens is 420 g/mol. The Morgan fingerprint density at radius 2 is 1.94 bits per heavy atom. The highest BCUT2D eigenvalue weighted by molar-refractivity contribution is 5.95. The molecule has 1 amide bonds. The topological polar surface area (TPSA) is 81.0 Å². The minimum absolute atomic E-state index is 0.0635. The van der Waals surface area contributed by atoms with Crippen molar-refractivity contribution in [2.24, 2.45) is 5.92 Å². The van der Waals surface area contributed by atoms with Crippen molar-refractivity contribution in [3.05, 3.63) is 47.9 Å². The van der Waals surface area contributed by atoms with E-state index in [1.807, 2.05) is 48.4 Å². The number of aliphatic hydroxyl groups excluding tert-OH is 1. The van der Waals surface area contributed by atoms with Crippen molar-refractivity contribution in [1.82, 2.24) is 9.47 Å². The van der Waals surface area contributed by atoms with Crippen molar-refractivity contribution in [2.75, 3.05) is 26.3 Å². The lowest BCUT2D eigenvalue weighted by atomic mass is 9.80. The zero-order chi connectivity index (χ0) is 23.4. The predicted octanol–water partition coefficient (Wildman–Crippen LogP) is 4.06. The largest absolute Gasteiger partial charge is 0.459 e. The summed E-state index contributed by atoms with van der Waals surface area (Å²) in [4.78, 5) is 27.6. The van der Waals surface area contributed by atoms with E-state index in [9.17, 15) is 14.7 Å². The first-order valence-corrected chi connectivity index (χ1v) is 12.1. The van der Waals surface area contributed by atoms with E-state index in [1.165, 1.54) is 0 Å². The number of piperidine rings is 1. The van der Waals surface area contributed by atoms with Gasteiger partial charge in [-0.15, -0.1) is 0 Å². The lowest BCUT2D eigenvalue weighted by Crippen LogP contribution is -2.42. The Balaban J connectivity index is 1.81. The highest BCUT2D eigenvalue weighted by Gasteiger charge is 2.40. The van der Waals surface area contributed by atoms with Crippen LogP contribution in [0.25, 0.3) is 10.9 Å². The number of nitrogens with zero attached hydrogens (tertiary/aromatic N) is 2. The van der Waals surface area contributed by atoms with Gasteiger partial charge in [0.05, 0.1) is 5.52 Å². The predicted molar refractivity (Wildman–Crippen MR) is 126 cm³/mol. The number of aromatic nitrogens is 1. The van der Waals surface area contributed by atoms with Gasteiger partial charge in [-0.3, -0.25) is 14.2 Å². The van der Waals surface area contributed by atoms with Gasteiger partial charge in [-0.05, 0) is 56.7 Å². The SMILES string of the molecule is CCO[C@@H]1OC(C(=O)N2CCCCC2)=C[C@H](c2cn(C(C)=O)c3ccccc23)[C@@H]1CCCO. The van der Waals surface area contributed by atoms with Gasteiger partial charge in [0.15, 0.2) is 5.76 Å². The molecule has 0 saturated carbocycles. The van der Waals surface area contributed by atoms with E-state index in [1.54, 1.807) is 11.5 Å². The van der Waals surface area contributed by atoms with Crippen molar-refractivity contribution in [1.29, 1.82) is 0 Å². The molecule has 3 heterocycles. The van der Waals surface area contributed by atoms with Crippen LogP contribution < -0.4 is 0 Å². The number of aliphatic hydroxyl groups is 1. The number of rotatable bonds is 7. The monoisotopic (exact) mass is 454 g/mol. The van der Waals surface area contributed by atoms with Gasteiger partial charge in [0.1, 0.15) is 0 Å². The summed E-state index contributed by atoms with van der Waals surface area (Å²) < 4.78 is 13.8. The first kappa shape index (κ1) is 23.5. The van der Waals surface area contributed by atoms with Crippen LogP contribution in [0.15, 0.2) is 42.3 Å². The third-order valence-electron chi connectivity index (χ3n) is 6.71. The first-order valence-electron chi connectivity index (χ1n) is 12.1. The molecule has 2 aliphatic heterocycles. The van der Waals surface area contributed by atoms with Gasteiger partial charge < -0.3 is 19.5 Å². The molecule has 7 nitrogen and oxygen atoms in total. The second-order valence-electron chi connectivity index (χ2n) is 8.87. The zero-order valence-electron chi connectivity index (χ0n) is 19.5. The van der Waals surface area contributed by atoms with Gasteiger partial charge in [-0.2, -0.15) is 0 Å². The summed E-state index contributed by atoms with van der Waals surface area (Å²) in [5.74, 6) is -0.121. The van der Waals surface area contributed by atoms with E-state index in [0.717, 1.165) is 48.8 Å². The highest BCUT2D eigenvalue weighted by atomic mass is 16.7. The molecule has 0 bridgehead atoms. The maximum atomic E-state index is 13.4. The second kappa shape index (κ2) is 10.5. The average molecular weight is 455 g/mol. The van der Waals surface area contributed by atoms with Crippen LogP contribution in [0, 0.1) is 5.92 Å². The quantitative estimate of drug-likeness (QED) is 0.682. The summed E-state index contributed by atoms with van der Waals surface area (Å²) in [6.07, 6.45) is 7.63. The first-order chi connectivity index (χ1) is 16.0. The Morgan fingerprint density at radius 3 is 2.64 bits per heavy atom. The molecule has 0 radical (unpaired) electrons. The molecule has 0 unspecified atom stereocenters. The molecule has 1 aromatic carbocycles. The number of para-hydroxylation sites is 1. The fourth-order valence-corrected chi connectivity index (χ4v) is 5.10. The lowest BCUT2D eigenvalue weighted by molar-refractivity contribution is -0.170. The van der Waals surface area contributed by atoms with Crippen LogP contribution >= 0.6 is 0 Å². The number of amides is 1. The highest BCUT2D eigenvalue weighted by Crippen LogP contribution is 2.42. The van der Waals surface area contributed by atoms with Gasteiger partial charge in [-0.25, -0.2) is 0 Å². The number of likely N-dealkylation sites (tertiary alicyclic amines) is 1. The number of fused-ring (bicyclic) bond motifs is 1. The minimum Gasteiger partial charge on any atom is -0.459 e. The number of allylic oxidation sites excluding steroid dienone is 1. The Bertz CT molecular complexity index is 1020. The fourth-order valence-electron chi connectivity index (χ4n) is 5.10. The van der Waals surface area contributed by atoms with Crippen molar-refractivity contribution in [3.8, 4) is 0 Å². The Kier molecular flexibility index (Phi) is 7.50. The van der Waals surface area contributed by atoms with Gasteiger partial charge in [0, 0.05) is 56.6 Å². The smallest absolute Gasteiger partial charge is 0.288 e. The van der Waals surface area contributed by atoms with Crippen LogP contribution in [-0.2, 0) is 14.3 Å². The van der Waals surface area contributed by atoms with Gasteiger partial charge >= 0.3 is 0 Å². The van der Waals surface area contributed by atoms with Crippen LogP contribution in [0.5, 0.6) is 0 Å². The van der Waals surface area contributed by atoms with Crippen LogP contribution in [-0.4, -0.2) is 59.0 Å². The van der Waals surface area contributed by atoms with Crippen molar-refractivity contribution in [3.63, 3.8) is 0 Å². The number of carbonyl (C=O) groups is 2. The maximum Gasteiger partial charge on any atom is 0.288 e. The Morgan fingerprint density at radius 1 is 1.18 bits per heavy atom. The van der Waals surface area contributed by atoms with E-state index < -0.39 is 6.29 Å². The fraction of sp³-hybridized carbons (Fsp3) is 0.538. The summed E-state index contributed by atoms with van der Waals surface area (Å²) in [7, 11) is 0. The molecule has 1 N–H and O–H groups in total. The molecule has 3 atom stereocenters. The zero-order valence-corrected chi connectivity index (χ0v) is 19.5. The molecule has 0 aliphatic carbocycles. The standard InChI is InChI=1S/C26H34N2O5/c1-3-32-26-20(11-9-15-29)21(16-24(33-26)25(31)27-13-7-4-8-14-27)22-17-28(18(2)30)23-12-6-5-10-19(22)23/h5-6,10,12,16-17,20-21,26,29H,3-4,7-9,11,13-15H2,1-2H3/t20-,21-,26+/m0/s1. The molecule has 4 rings (SSSR count). The molecule has 2 aromatic rings. The van der Waals surface area contributed by atoms with Crippen LogP contribution in [0.1, 0.15) is 62.2 Å². The summed E-state index contributed by atoms with van der Waals surface area (Å²) in [5.41, 5.74) is 1.82. The number of hydrogen-bond donors (Lipinski definition) is 1. The van der Waals surface area contributed by atoms with E-state index in [-0.39, 0.29) is 30.3 Å². The van der Waals surface area contributed by atoms with E-state index >= 15 is 0 Å². The molecule has 1 aromatic heterocycles. The van der Waals surface area contributed by atoms with E-state index in [2.05, 4.69) is 0 Å². The molecule has 33 heavy (non-hydrogen) atoms. The van der Waals surface area contributed by atoms with Gasteiger partial charge in [-0.1, -0.05) is 18.2 Å². The molecular formula is C26H34N2O5. The molecule has 2 aliphatic rings. The lowest BCUT2D eigenvalue weighted by Gasteiger charge is -2.38. The summed E-state index contributed by atoms with van der Waals surface area (Å²) in [6.45, 7) is 5.46. The van der Waals surface area contributed by atoms with Crippen LogP contribution in [0.2, 0.25) is 0 Å². The van der Waals surface area contributed by atoms with Crippen molar-refractivity contribution in [2.45, 2.75) is 58.2 Å². The number of ether oxygens (including phenoxy) is 2. The van der Waals surface area contributed by atoms with Crippen molar-refractivity contribution >= 4 is 22.7 Å². The van der Waals surface area contributed by atoms with Gasteiger partial charge in [0.2, 0.25) is 12.2 Å². The van der Waals surface area contributed by atoms with Crippen LogP contribution in [0.3, 0.4) is 0 Å². The van der Waals surface area contributed by atoms with Crippen molar-refractivity contribution < 1.29 is 24.2 Å². The molecule has 178 valence electrons. The number of carbonyl (C=O) groups excluding carboxylic acids is 2. The van der Waals surface area contributed by atoms with E-state index in [0.29, 0.717) is 25.2 Å². The maximum absolute atomic E-state index is 13.4. The Hall–Kier alpha value is -2.64. The van der Waals surface area contributed by atoms with Gasteiger partial charge in [0.25, 0.3) is 5.91 Å². The third-order valence-corrected chi connectivity index (χ3v) is 6.71. The Labute approximate surface area is 195 Å². The average Bonchev–Trinajstić information content (AvgIpc) is 3.23. The summed E-state index contributed by atoms with van der Waals surface area (Å²) >= 11 is 0. The number of benzene rings is 1. The number of hydrogen-bond acceptors (Lipinski definition) is 5. The summed E-state index contributed by atoms with van der Waals surface area (Å²) in [5, 5.41) is 10.5. The van der Waals surface area contributed by atoms with Crippen LogP contribution in [0.4, 0.5) is 0 Å². The molecule has 1 saturated heterocycles. The minimum atomic E-state index is -0.597. The molecule has 1 fully saturated rings. The molecule has 0 spiro atoms. The van der Waals surface area contributed by atoms with E-state index in [4.69, 9.17) is 9.47 Å². The third kappa shape index (κ3) is 4.84. The normalized spacial score (nSPS) is 23.3. The molecule has 7 heteroatoms. The summed E-state index contributed by atoms with van der Waals surface area (Å²) in [6, 6.07) is 7.83.